The predicted molar refractivity (Wildman–Crippen MR) is 73.0 cm³/mol. The highest BCUT2D eigenvalue weighted by atomic mass is 16.5. The van der Waals surface area contributed by atoms with Crippen LogP contribution in [0.2, 0.25) is 0 Å². The number of ether oxygens (including phenoxy) is 1. The average molecular weight is 264 g/mol. The van der Waals surface area contributed by atoms with Crippen molar-refractivity contribution in [3.8, 4) is 0 Å². The van der Waals surface area contributed by atoms with Gasteiger partial charge in [0.25, 0.3) is 0 Å². The maximum absolute atomic E-state index is 10.4. The molecule has 3 N–H and O–H groups in total. The van der Waals surface area contributed by atoms with E-state index in [1.165, 1.54) is 0 Å². The lowest BCUT2D eigenvalue weighted by Gasteiger charge is -2.33. The van der Waals surface area contributed by atoms with Gasteiger partial charge in [-0.3, -0.25) is 0 Å². The normalized spacial score (nSPS) is 16.3. The third-order valence-electron chi connectivity index (χ3n) is 3.25. The van der Waals surface area contributed by atoms with Crippen molar-refractivity contribution in [2.75, 3.05) is 31.1 Å². The van der Waals surface area contributed by atoms with Crippen molar-refractivity contribution in [2.24, 2.45) is 5.73 Å². The Kier molecular flexibility index (Phi) is 4.97. The van der Waals surface area contributed by atoms with Gasteiger partial charge in [-0.25, -0.2) is 9.78 Å². The van der Waals surface area contributed by atoms with E-state index in [9.17, 15) is 4.79 Å². The van der Waals surface area contributed by atoms with Crippen LogP contribution in [0.4, 0.5) is 10.6 Å². The third-order valence-corrected chi connectivity index (χ3v) is 3.25. The van der Waals surface area contributed by atoms with Crippen molar-refractivity contribution in [3.05, 3.63) is 24.4 Å². The van der Waals surface area contributed by atoms with Crippen LogP contribution >= 0.6 is 0 Å². The third kappa shape index (κ3) is 4.40. The minimum absolute atomic E-state index is 0.329. The van der Waals surface area contributed by atoms with E-state index >= 15 is 0 Å². The zero-order valence-electron chi connectivity index (χ0n) is 10.9. The molecule has 0 unspecified atom stereocenters. The first-order valence-corrected chi connectivity index (χ1v) is 6.57. The van der Waals surface area contributed by atoms with Crippen LogP contribution < -0.4 is 16.0 Å². The van der Waals surface area contributed by atoms with Crippen LogP contribution in [0.5, 0.6) is 0 Å². The molecule has 1 aliphatic rings. The number of nitrogens with two attached hydrogens (primary N) is 1. The first kappa shape index (κ1) is 13.6. The molecule has 1 aromatic rings. The molecule has 0 aliphatic carbocycles. The molecule has 0 aromatic carbocycles. The van der Waals surface area contributed by atoms with E-state index in [1.54, 1.807) is 0 Å². The van der Waals surface area contributed by atoms with Crippen molar-refractivity contribution in [3.63, 3.8) is 0 Å². The molecule has 104 valence electrons. The average Bonchev–Trinajstić information content (AvgIpc) is 2.45. The summed E-state index contributed by atoms with van der Waals surface area (Å²) in [5.41, 5.74) is 4.89. The Morgan fingerprint density at radius 2 is 2.26 bits per heavy atom. The van der Waals surface area contributed by atoms with Crippen molar-refractivity contribution < 1.29 is 9.53 Å². The molecule has 0 spiro atoms. The number of pyridine rings is 1. The lowest BCUT2D eigenvalue weighted by Crippen LogP contribution is -2.43. The Morgan fingerprint density at radius 3 is 2.89 bits per heavy atom. The summed E-state index contributed by atoms with van der Waals surface area (Å²) in [4.78, 5) is 17.1. The van der Waals surface area contributed by atoms with Crippen molar-refractivity contribution in [2.45, 2.75) is 18.9 Å². The van der Waals surface area contributed by atoms with E-state index in [2.05, 4.69) is 19.9 Å². The Balaban J connectivity index is 1.67. The van der Waals surface area contributed by atoms with Crippen LogP contribution in [-0.4, -0.2) is 43.4 Å². The number of nitrogens with zero attached hydrogens (tertiary/aromatic N) is 2. The highest BCUT2D eigenvalue weighted by molar-refractivity contribution is 5.64. The number of rotatable bonds is 5. The first-order chi connectivity index (χ1) is 9.25. The maximum atomic E-state index is 10.4. The largest absolute Gasteiger partial charge is 0.448 e. The summed E-state index contributed by atoms with van der Waals surface area (Å²) >= 11 is 0. The molecule has 6 nitrogen and oxygen atoms in total. The Labute approximate surface area is 112 Å². The second-order valence-electron chi connectivity index (χ2n) is 4.57. The summed E-state index contributed by atoms with van der Waals surface area (Å²) in [5, 5.41) is 3.37. The second-order valence-corrected chi connectivity index (χ2v) is 4.57. The molecule has 0 saturated carbocycles. The number of primary amides is 1. The van der Waals surface area contributed by atoms with Crippen molar-refractivity contribution in [1.82, 2.24) is 10.3 Å². The summed E-state index contributed by atoms with van der Waals surface area (Å²) in [7, 11) is 0. The Morgan fingerprint density at radius 1 is 1.47 bits per heavy atom. The number of carbonyl (C=O) groups excluding carboxylic acids is 1. The monoisotopic (exact) mass is 264 g/mol. The molecule has 0 bridgehead atoms. The lowest BCUT2D eigenvalue weighted by molar-refractivity contribution is 0.155. The van der Waals surface area contributed by atoms with Crippen LogP contribution in [0.3, 0.4) is 0 Å². The van der Waals surface area contributed by atoms with Gasteiger partial charge in [-0.2, -0.15) is 0 Å². The fraction of sp³-hybridized carbons (Fsp3) is 0.538. The van der Waals surface area contributed by atoms with E-state index in [1.807, 2.05) is 24.4 Å². The first-order valence-electron chi connectivity index (χ1n) is 6.57. The topological polar surface area (TPSA) is 80.5 Å². The highest BCUT2D eigenvalue weighted by Gasteiger charge is 2.19. The molecule has 1 fully saturated rings. The number of anilines is 1. The molecule has 2 heterocycles. The van der Waals surface area contributed by atoms with E-state index in [0.29, 0.717) is 19.2 Å². The summed E-state index contributed by atoms with van der Waals surface area (Å²) in [5.74, 6) is 1.04. The van der Waals surface area contributed by atoms with Crippen molar-refractivity contribution in [1.29, 1.82) is 0 Å². The van der Waals surface area contributed by atoms with Crippen LogP contribution in [0.15, 0.2) is 24.4 Å². The molecular weight excluding hydrogens is 244 g/mol. The lowest BCUT2D eigenvalue weighted by atomic mass is 10.1. The molecule has 2 rings (SSSR count). The molecule has 19 heavy (non-hydrogen) atoms. The number of amides is 1. The minimum Gasteiger partial charge on any atom is -0.448 e. The molecule has 1 aromatic heterocycles. The fourth-order valence-corrected chi connectivity index (χ4v) is 2.27. The number of hydrogen-bond donors (Lipinski definition) is 2. The molecule has 0 atom stereocenters. The maximum Gasteiger partial charge on any atom is 0.404 e. The van der Waals surface area contributed by atoms with Gasteiger partial charge in [0.15, 0.2) is 0 Å². The van der Waals surface area contributed by atoms with E-state index < -0.39 is 6.09 Å². The zero-order valence-corrected chi connectivity index (χ0v) is 10.9. The van der Waals surface area contributed by atoms with Gasteiger partial charge in [0.1, 0.15) is 12.4 Å². The van der Waals surface area contributed by atoms with Crippen LogP contribution in [0.25, 0.3) is 0 Å². The summed E-state index contributed by atoms with van der Waals surface area (Å²) in [6.07, 6.45) is 3.23. The molecule has 1 saturated heterocycles. The van der Waals surface area contributed by atoms with Gasteiger partial charge in [0.2, 0.25) is 0 Å². The van der Waals surface area contributed by atoms with Crippen LogP contribution in [0.1, 0.15) is 12.8 Å². The minimum atomic E-state index is -0.716. The van der Waals surface area contributed by atoms with Gasteiger partial charge >= 0.3 is 6.09 Å². The van der Waals surface area contributed by atoms with Crippen molar-refractivity contribution >= 4 is 11.9 Å². The number of carbonyl (C=O) groups is 1. The van der Waals surface area contributed by atoms with Gasteiger partial charge in [0.05, 0.1) is 0 Å². The number of nitrogens with one attached hydrogen (secondary N) is 1. The van der Waals surface area contributed by atoms with E-state index in [-0.39, 0.29) is 0 Å². The van der Waals surface area contributed by atoms with E-state index in [4.69, 9.17) is 5.73 Å². The number of piperidine rings is 1. The van der Waals surface area contributed by atoms with E-state index in [0.717, 1.165) is 31.7 Å². The summed E-state index contributed by atoms with van der Waals surface area (Å²) in [6.45, 7) is 2.96. The quantitative estimate of drug-likeness (QED) is 0.767. The van der Waals surface area contributed by atoms with Gasteiger partial charge in [-0.15, -0.1) is 0 Å². The number of aromatic nitrogens is 1. The Bertz CT molecular complexity index is 391. The SMILES string of the molecule is NC(=O)OCCNC1CCN(c2ccccn2)CC1. The van der Waals surface area contributed by atoms with Crippen LogP contribution in [0, 0.1) is 0 Å². The van der Waals surface area contributed by atoms with Gasteiger partial charge < -0.3 is 20.7 Å². The number of hydrogen-bond acceptors (Lipinski definition) is 5. The molecular formula is C13H20N4O2. The van der Waals surface area contributed by atoms with Gasteiger partial charge in [-0.05, 0) is 25.0 Å². The molecule has 1 amide bonds. The fourth-order valence-electron chi connectivity index (χ4n) is 2.27. The summed E-state index contributed by atoms with van der Waals surface area (Å²) < 4.78 is 4.68. The predicted octanol–water partition coefficient (Wildman–Crippen LogP) is 0.735. The molecule has 6 heteroatoms. The second kappa shape index (κ2) is 6.94. The molecule has 1 aliphatic heterocycles. The Hall–Kier alpha value is -1.82. The molecule has 0 radical (unpaired) electrons. The standard InChI is InChI=1S/C13H20N4O2/c14-13(18)19-10-7-15-11-4-8-17(9-5-11)12-3-1-2-6-16-12/h1-3,6,11,15H,4-5,7-10H2,(H2,14,18). The summed E-state index contributed by atoms with van der Waals surface area (Å²) in [6, 6.07) is 6.44. The van der Waals surface area contributed by atoms with Gasteiger partial charge in [-0.1, -0.05) is 6.07 Å². The van der Waals surface area contributed by atoms with Crippen LogP contribution in [-0.2, 0) is 4.74 Å². The zero-order chi connectivity index (χ0) is 13.5. The smallest absolute Gasteiger partial charge is 0.404 e. The van der Waals surface area contributed by atoms with Gasteiger partial charge in [0, 0.05) is 31.9 Å². The highest BCUT2D eigenvalue weighted by Crippen LogP contribution is 2.16.